The smallest absolute Gasteiger partial charge is 0.317 e. The molecular formula is C21H28ClN7O2S. The first-order valence-electron chi connectivity index (χ1n) is 10.5. The lowest BCUT2D eigenvalue weighted by Gasteiger charge is -2.40. The first kappa shape index (κ1) is 24.1. The Balaban J connectivity index is 1.55. The van der Waals surface area contributed by atoms with Crippen LogP contribution in [0.4, 0.5) is 10.6 Å². The summed E-state index contributed by atoms with van der Waals surface area (Å²) in [5, 5.41) is 6.57. The number of pyridine rings is 1. The number of aromatic nitrogens is 3. The van der Waals surface area contributed by atoms with Crippen molar-refractivity contribution < 1.29 is 9.59 Å². The Morgan fingerprint density at radius 2 is 2.00 bits per heavy atom. The van der Waals surface area contributed by atoms with Crippen molar-refractivity contribution in [2.75, 3.05) is 30.3 Å². The van der Waals surface area contributed by atoms with E-state index >= 15 is 0 Å². The van der Waals surface area contributed by atoms with Gasteiger partial charge in [0.2, 0.25) is 5.91 Å². The van der Waals surface area contributed by atoms with Crippen LogP contribution in [0, 0.1) is 0 Å². The van der Waals surface area contributed by atoms with E-state index in [4.69, 9.17) is 11.6 Å². The van der Waals surface area contributed by atoms with Crippen LogP contribution in [0.2, 0.25) is 5.15 Å². The number of carbonyl (C=O) groups is 2. The summed E-state index contributed by atoms with van der Waals surface area (Å²) >= 11 is 7.46. The number of halogens is 1. The van der Waals surface area contributed by atoms with Crippen LogP contribution in [0.25, 0.3) is 0 Å². The standard InChI is InChI=1S/C21H28ClN7O2S/c1-14(2)25-21(31)29-9-8-28(12-15(29)3)18-10-17(22)26-20(27-18)32-13-19(30)24-11-16-4-6-23-7-5-16/h4-7,10,14-15H,8-9,11-13H2,1-3H3,(H,24,30)(H,25,31). The lowest BCUT2D eigenvalue weighted by molar-refractivity contribution is -0.118. The SMILES string of the molecule is CC(C)NC(=O)N1CCN(c2cc(Cl)nc(SCC(=O)NCc3ccncc3)n2)CC1C. The number of carbonyl (C=O) groups excluding carboxylic acids is 2. The highest BCUT2D eigenvalue weighted by molar-refractivity contribution is 7.99. The molecule has 1 aliphatic heterocycles. The van der Waals surface area contributed by atoms with Gasteiger partial charge in [0.25, 0.3) is 0 Å². The van der Waals surface area contributed by atoms with Crippen molar-refractivity contribution in [2.24, 2.45) is 0 Å². The van der Waals surface area contributed by atoms with Crippen LogP contribution in [-0.4, -0.2) is 69.3 Å². The number of rotatable bonds is 7. The molecule has 3 heterocycles. The molecule has 2 aromatic heterocycles. The van der Waals surface area contributed by atoms with Gasteiger partial charge < -0.3 is 20.4 Å². The van der Waals surface area contributed by atoms with E-state index in [1.807, 2.05) is 37.8 Å². The van der Waals surface area contributed by atoms with E-state index in [0.29, 0.717) is 42.3 Å². The minimum absolute atomic E-state index is 0.0197. The molecule has 3 rings (SSSR count). The molecule has 172 valence electrons. The van der Waals surface area contributed by atoms with Gasteiger partial charge in [-0.25, -0.2) is 14.8 Å². The van der Waals surface area contributed by atoms with Gasteiger partial charge in [-0.1, -0.05) is 23.4 Å². The molecule has 3 amide bonds. The number of amides is 3. The molecule has 0 radical (unpaired) electrons. The predicted molar refractivity (Wildman–Crippen MR) is 126 cm³/mol. The second-order valence-corrected chi connectivity index (χ2v) is 9.17. The summed E-state index contributed by atoms with van der Waals surface area (Å²) in [5.41, 5.74) is 0.981. The van der Waals surface area contributed by atoms with Crippen molar-refractivity contribution in [2.45, 2.75) is 44.6 Å². The van der Waals surface area contributed by atoms with Crippen molar-refractivity contribution in [3.8, 4) is 0 Å². The van der Waals surface area contributed by atoms with E-state index in [2.05, 4.69) is 30.5 Å². The Kier molecular flexibility index (Phi) is 8.52. The number of hydrogen-bond acceptors (Lipinski definition) is 7. The van der Waals surface area contributed by atoms with Gasteiger partial charge in [0, 0.05) is 56.7 Å². The number of piperazine rings is 1. The van der Waals surface area contributed by atoms with E-state index < -0.39 is 0 Å². The molecule has 1 unspecified atom stereocenters. The summed E-state index contributed by atoms with van der Waals surface area (Å²) in [6.45, 7) is 8.20. The van der Waals surface area contributed by atoms with E-state index in [1.165, 1.54) is 11.8 Å². The summed E-state index contributed by atoms with van der Waals surface area (Å²) in [7, 11) is 0. The number of nitrogens with zero attached hydrogens (tertiary/aromatic N) is 5. The molecule has 9 nitrogen and oxygen atoms in total. The highest BCUT2D eigenvalue weighted by Gasteiger charge is 2.28. The maximum absolute atomic E-state index is 12.4. The van der Waals surface area contributed by atoms with E-state index in [0.717, 1.165) is 5.56 Å². The first-order chi connectivity index (χ1) is 15.3. The summed E-state index contributed by atoms with van der Waals surface area (Å²) < 4.78 is 0. The molecule has 0 aromatic carbocycles. The van der Waals surface area contributed by atoms with Crippen LogP contribution in [0.1, 0.15) is 26.3 Å². The molecule has 2 N–H and O–H groups in total. The zero-order chi connectivity index (χ0) is 23.1. The Hall–Kier alpha value is -2.59. The molecule has 1 saturated heterocycles. The third-order valence-corrected chi connectivity index (χ3v) is 5.90. The van der Waals surface area contributed by atoms with Gasteiger partial charge in [0.15, 0.2) is 5.16 Å². The molecule has 0 bridgehead atoms. The van der Waals surface area contributed by atoms with Crippen molar-refractivity contribution in [3.63, 3.8) is 0 Å². The Bertz CT molecular complexity index is 932. The molecule has 1 atom stereocenters. The number of thioether (sulfide) groups is 1. The molecular weight excluding hydrogens is 450 g/mol. The Morgan fingerprint density at radius 1 is 1.25 bits per heavy atom. The van der Waals surface area contributed by atoms with Crippen LogP contribution in [0.15, 0.2) is 35.7 Å². The van der Waals surface area contributed by atoms with Gasteiger partial charge in [0.1, 0.15) is 11.0 Å². The van der Waals surface area contributed by atoms with Crippen molar-refractivity contribution >= 4 is 41.1 Å². The van der Waals surface area contributed by atoms with Gasteiger partial charge in [0.05, 0.1) is 5.75 Å². The Labute approximate surface area is 197 Å². The fraction of sp³-hybridized carbons (Fsp3) is 0.476. The zero-order valence-electron chi connectivity index (χ0n) is 18.4. The largest absolute Gasteiger partial charge is 0.353 e. The van der Waals surface area contributed by atoms with Crippen LogP contribution in [0.5, 0.6) is 0 Å². The quantitative estimate of drug-likeness (QED) is 0.359. The first-order valence-corrected chi connectivity index (χ1v) is 11.8. The number of hydrogen-bond donors (Lipinski definition) is 2. The van der Waals surface area contributed by atoms with Gasteiger partial charge in [-0.2, -0.15) is 0 Å². The monoisotopic (exact) mass is 477 g/mol. The lowest BCUT2D eigenvalue weighted by atomic mass is 10.2. The van der Waals surface area contributed by atoms with Crippen molar-refractivity contribution in [3.05, 3.63) is 41.3 Å². The molecule has 2 aromatic rings. The summed E-state index contributed by atoms with van der Waals surface area (Å²) in [6.07, 6.45) is 3.38. The number of anilines is 1. The third kappa shape index (κ3) is 6.96. The fourth-order valence-corrected chi connectivity index (χ4v) is 4.20. The lowest BCUT2D eigenvalue weighted by Crippen LogP contribution is -2.57. The second-order valence-electron chi connectivity index (χ2n) is 7.84. The number of urea groups is 1. The molecule has 0 saturated carbocycles. The molecule has 0 aliphatic carbocycles. The van der Waals surface area contributed by atoms with Crippen LogP contribution in [0.3, 0.4) is 0 Å². The maximum Gasteiger partial charge on any atom is 0.317 e. The van der Waals surface area contributed by atoms with Crippen LogP contribution >= 0.6 is 23.4 Å². The molecule has 0 spiro atoms. The van der Waals surface area contributed by atoms with E-state index in [9.17, 15) is 9.59 Å². The summed E-state index contributed by atoms with van der Waals surface area (Å²) in [6, 6.07) is 5.48. The average Bonchev–Trinajstić information content (AvgIpc) is 2.76. The normalized spacial score (nSPS) is 16.2. The molecule has 11 heteroatoms. The molecule has 32 heavy (non-hydrogen) atoms. The second kappa shape index (κ2) is 11.3. The minimum Gasteiger partial charge on any atom is -0.353 e. The number of nitrogens with one attached hydrogen (secondary N) is 2. The average molecular weight is 478 g/mol. The van der Waals surface area contributed by atoms with E-state index in [1.54, 1.807) is 18.5 Å². The van der Waals surface area contributed by atoms with Crippen molar-refractivity contribution in [1.82, 2.24) is 30.5 Å². The zero-order valence-corrected chi connectivity index (χ0v) is 20.0. The van der Waals surface area contributed by atoms with E-state index in [-0.39, 0.29) is 29.8 Å². The summed E-state index contributed by atoms with van der Waals surface area (Å²) in [4.78, 5) is 41.3. The minimum atomic E-state index is -0.115. The maximum atomic E-state index is 12.4. The third-order valence-electron chi connectivity index (χ3n) is 4.86. The van der Waals surface area contributed by atoms with Gasteiger partial charge in [-0.3, -0.25) is 9.78 Å². The van der Waals surface area contributed by atoms with Gasteiger partial charge in [-0.15, -0.1) is 0 Å². The van der Waals surface area contributed by atoms with Crippen molar-refractivity contribution in [1.29, 1.82) is 0 Å². The topological polar surface area (TPSA) is 103 Å². The predicted octanol–water partition coefficient (Wildman–Crippen LogP) is 2.56. The molecule has 1 aliphatic rings. The highest BCUT2D eigenvalue weighted by atomic mass is 35.5. The molecule has 1 fully saturated rings. The van der Waals surface area contributed by atoms with Gasteiger partial charge in [-0.05, 0) is 38.5 Å². The summed E-state index contributed by atoms with van der Waals surface area (Å²) in [5.74, 6) is 0.764. The van der Waals surface area contributed by atoms with Crippen LogP contribution in [-0.2, 0) is 11.3 Å². The fourth-order valence-electron chi connectivity index (χ4n) is 3.29. The highest BCUT2D eigenvalue weighted by Crippen LogP contribution is 2.24. The Morgan fingerprint density at radius 3 is 2.69 bits per heavy atom. The van der Waals surface area contributed by atoms with Crippen LogP contribution < -0.4 is 15.5 Å². The van der Waals surface area contributed by atoms with Gasteiger partial charge >= 0.3 is 6.03 Å².